The van der Waals surface area contributed by atoms with Gasteiger partial charge in [-0.25, -0.2) is 0 Å². The second kappa shape index (κ2) is 52.9. The van der Waals surface area contributed by atoms with Crippen molar-refractivity contribution in [2.75, 3.05) is 26.4 Å². The van der Waals surface area contributed by atoms with Gasteiger partial charge >= 0.3 is 0 Å². The lowest BCUT2D eigenvalue weighted by atomic mass is 9.96. The van der Waals surface area contributed by atoms with E-state index in [1.807, 2.05) is 6.08 Å². The van der Waals surface area contributed by atoms with Gasteiger partial charge in [0, 0.05) is 6.42 Å². The molecule has 3 saturated heterocycles. The highest BCUT2D eigenvalue weighted by Gasteiger charge is 2.53. The fourth-order valence-electron chi connectivity index (χ4n) is 10.3. The summed E-state index contributed by atoms with van der Waals surface area (Å²) in [6.07, 6.45) is 48.2. The molecule has 17 unspecified atom stereocenters. The second-order valence-corrected chi connectivity index (χ2v) is 23.5. The number of rotatable bonds is 49. The summed E-state index contributed by atoms with van der Waals surface area (Å²) in [6, 6.07) is -1.03. The molecular formula is C73H117NO18. The first-order chi connectivity index (χ1) is 44.8. The molecule has 0 spiro atoms. The van der Waals surface area contributed by atoms with Gasteiger partial charge in [-0.3, -0.25) is 4.79 Å². The number of aliphatic hydroxyl groups excluding tert-OH is 11. The lowest BCUT2D eigenvalue weighted by Gasteiger charge is -2.48. The third-order valence-electron chi connectivity index (χ3n) is 15.8. The number of allylic oxidation sites excluding steroid dienone is 23. The molecule has 0 aliphatic carbocycles. The number of aliphatic hydroxyl groups is 11. The van der Waals surface area contributed by atoms with Crippen LogP contribution in [-0.2, 0) is 33.2 Å². The van der Waals surface area contributed by atoms with Crippen molar-refractivity contribution in [2.24, 2.45) is 0 Å². The molecule has 3 aliphatic rings. The van der Waals surface area contributed by atoms with Crippen LogP contribution in [0.25, 0.3) is 0 Å². The van der Waals surface area contributed by atoms with Crippen LogP contribution in [0.2, 0.25) is 0 Å². The van der Waals surface area contributed by atoms with Crippen LogP contribution in [0.1, 0.15) is 174 Å². The van der Waals surface area contributed by atoms with Gasteiger partial charge in [-0.2, -0.15) is 0 Å². The molecule has 17 atom stereocenters. The number of amides is 1. The zero-order valence-corrected chi connectivity index (χ0v) is 55.0. The monoisotopic (exact) mass is 1300 g/mol. The quantitative estimate of drug-likeness (QED) is 0.0200. The highest BCUT2D eigenvalue weighted by atomic mass is 16.8. The van der Waals surface area contributed by atoms with Gasteiger partial charge in [0.05, 0.1) is 38.6 Å². The molecule has 0 saturated carbocycles. The van der Waals surface area contributed by atoms with Gasteiger partial charge in [-0.1, -0.05) is 198 Å². The van der Waals surface area contributed by atoms with Gasteiger partial charge in [0.25, 0.3) is 0 Å². The summed E-state index contributed by atoms with van der Waals surface area (Å²) in [7, 11) is 0. The molecule has 3 rings (SSSR count). The van der Waals surface area contributed by atoms with Crippen molar-refractivity contribution in [1.29, 1.82) is 0 Å². The van der Waals surface area contributed by atoms with Gasteiger partial charge in [0.2, 0.25) is 5.91 Å². The van der Waals surface area contributed by atoms with E-state index in [1.165, 1.54) is 38.5 Å². The van der Waals surface area contributed by atoms with Crippen LogP contribution < -0.4 is 5.32 Å². The minimum absolute atomic E-state index is 0.181. The van der Waals surface area contributed by atoms with E-state index in [0.29, 0.717) is 12.8 Å². The van der Waals surface area contributed by atoms with Gasteiger partial charge in [0.15, 0.2) is 18.9 Å². The van der Waals surface area contributed by atoms with E-state index in [1.54, 1.807) is 6.08 Å². The van der Waals surface area contributed by atoms with Gasteiger partial charge < -0.3 is 89.9 Å². The summed E-state index contributed by atoms with van der Waals surface area (Å²) >= 11 is 0. The Morgan fingerprint density at radius 2 is 0.761 bits per heavy atom. The molecule has 3 aliphatic heterocycles. The summed E-state index contributed by atoms with van der Waals surface area (Å²) < 4.78 is 34.3. The molecule has 3 heterocycles. The van der Waals surface area contributed by atoms with Crippen LogP contribution in [0.3, 0.4) is 0 Å². The van der Waals surface area contributed by atoms with E-state index in [-0.39, 0.29) is 12.3 Å². The largest absolute Gasteiger partial charge is 0.394 e. The Labute approximate surface area is 549 Å². The second-order valence-electron chi connectivity index (χ2n) is 23.5. The van der Waals surface area contributed by atoms with Crippen LogP contribution in [0.4, 0.5) is 0 Å². The highest BCUT2D eigenvalue weighted by molar-refractivity contribution is 5.76. The van der Waals surface area contributed by atoms with Gasteiger partial charge in [-0.05, 0) is 116 Å². The average Bonchev–Trinajstić information content (AvgIpc) is 0.834. The highest BCUT2D eigenvalue weighted by Crippen LogP contribution is 2.33. The Bertz CT molecular complexity index is 2240. The van der Waals surface area contributed by atoms with Gasteiger partial charge in [0.1, 0.15) is 73.2 Å². The number of hydrogen-bond acceptors (Lipinski definition) is 18. The molecule has 0 aromatic rings. The predicted molar refractivity (Wildman–Crippen MR) is 359 cm³/mol. The summed E-state index contributed by atoms with van der Waals surface area (Å²) in [4.78, 5) is 13.4. The van der Waals surface area contributed by atoms with Crippen molar-refractivity contribution < 1.29 is 89.4 Å². The Balaban J connectivity index is 1.45. The Hall–Kier alpha value is -4.33. The maximum Gasteiger partial charge on any atom is 0.220 e. The molecule has 0 bridgehead atoms. The van der Waals surface area contributed by atoms with Crippen molar-refractivity contribution in [2.45, 2.75) is 279 Å². The topological polar surface area (TPSA) is 307 Å². The SMILES string of the molecule is CC/C=C\C/C=C\C/C=C\C/C=C\C/C=C\C/C=C\C/C=C\C/C=C\C/C=C\CCCCCC(=O)NC(COC1OC(CO)C(OC2OC(CO)C(OC3OC(CO)C(O)C(O)C3O)C(O)C2O)C(O)C1O)C(O)/C=C/CC/C=C/CC/C=C/CCCCCCCC. The van der Waals surface area contributed by atoms with Crippen LogP contribution in [0.5, 0.6) is 0 Å². The van der Waals surface area contributed by atoms with Crippen LogP contribution in [0, 0.1) is 0 Å². The molecule has 0 aromatic carbocycles. The Morgan fingerprint density at radius 3 is 1.22 bits per heavy atom. The number of nitrogens with one attached hydrogen (secondary N) is 1. The summed E-state index contributed by atoms with van der Waals surface area (Å²) in [5.74, 6) is -0.329. The normalized spacial score (nSPS) is 28.6. The molecule has 522 valence electrons. The number of carbonyl (C=O) groups excluding carboxylic acids is 1. The van der Waals surface area contributed by atoms with Crippen molar-refractivity contribution in [3.05, 3.63) is 146 Å². The van der Waals surface area contributed by atoms with E-state index in [9.17, 15) is 61.0 Å². The third-order valence-corrected chi connectivity index (χ3v) is 15.8. The first-order valence-corrected chi connectivity index (χ1v) is 34.1. The summed E-state index contributed by atoms with van der Waals surface area (Å²) in [5, 5.41) is 120. The number of unbranched alkanes of at least 4 members (excludes halogenated alkanes) is 11. The number of hydrogen-bond donors (Lipinski definition) is 12. The van der Waals surface area contributed by atoms with E-state index in [2.05, 4.69) is 153 Å². The van der Waals surface area contributed by atoms with Gasteiger partial charge in [-0.15, -0.1) is 0 Å². The number of carbonyl (C=O) groups is 1. The fourth-order valence-corrected chi connectivity index (χ4v) is 10.3. The van der Waals surface area contributed by atoms with Crippen molar-refractivity contribution in [3.8, 4) is 0 Å². The van der Waals surface area contributed by atoms with E-state index in [0.717, 1.165) is 103 Å². The van der Waals surface area contributed by atoms with Crippen molar-refractivity contribution >= 4 is 5.91 Å². The first kappa shape index (κ1) is 81.9. The predicted octanol–water partition coefficient (Wildman–Crippen LogP) is 8.76. The summed E-state index contributed by atoms with van der Waals surface area (Å²) in [6.45, 7) is 1.52. The van der Waals surface area contributed by atoms with E-state index >= 15 is 0 Å². The molecule has 1 amide bonds. The van der Waals surface area contributed by atoms with Crippen molar-refractivity contribution in [3.63, 3.8) is 0 Å². The zero-order valence-electron chi connectivity index (χ0n) is 55.0. The molecule has 0 aromatic heterocycles. The molecule has 12 N–H and O–H groups in total. The molecule has 92 heavy (non-hydrogen) atoms. The third kappa shape index (κ3) is 34.4. The molecule has 3 fully saturated rings. The van der Waals surface area contributed by atoms with Crippen LogP contribution >= 0.6 is 0 Å². The van der Waals surface area contributed by atoms with E-state index in [4.69, 9.17) is 28.4 Å². The molecule has 19 nitrogen and oxygen atoms in total. The first-order valence-electron chi connectivity index (χ1n) is 34.1. The van der Waals surface area contributed by atoms with Crippen molar-refractivity contribution in [1.82, 2.24) is 5.32 Å². The summed E-state index contributed by atoms with van der Waals surface area (Å²) in [5.41, 5.74) is 0. The lowest BCUT2D eigenvalue weighted by molar-refractivity contribution is -0.379. The van der Waals surface area contributed by atoms with E-state index < -0.39 is 131 Å². The molecular weight excluding hydrogens is 1180 g/mol. The minimum Gasteiger partial charge on any atom is -0.394 e. The fraction of sp³-hybridized carbons (Fsp3) is 0.658. The standard InChI is InChI=1S/C73H117NO18/c1-3-5-7-9-11-13-15-17-19-21-22-23-24-25-26-27-28-29-30-31-32-33-34-35-37-39-41-43-45-47-49-51-61(79)74-56(57(78)50-48-46-44-42-40-38-36-20-18-16-14-12-10-8-6-4-2)55-87-71-67(85)64(82)69(59(53-76)89-71)92-73-68(86)65(83)70(60(54-77)90-73)91-72-66(84)63(81)62(80)58(52-75)88-72/h5,7,11,13,17-20,22-23,25-26,28-29,31-32,34-35,39-42,48,50,56-60,62-73,75-78,80-86H,3-4,6,8-10,12,14-16,21,24,27,30,33,36-38,43-47,49,51-55H2,1-2H3,(H,74,79)/b7-5-,13-11-,19-17-,20-18+,23-22-,26-25-,29-28-,32-31-,35-34-,41-39-,42-40+,50-48+. The Morgan fingerprint density at radius 1 is 0.402 bits per heavy atom. The van der Waals surface area contributed by atoms with Crippen LogP contribution in [-0.4, -0.2) is 193 Å². The maximum absolute atomic E-state index is 13.4. The zero-order chi connectivity index (χ0) is 66.8. The maximum atomic E-state index is 13.4. The number of ether oxygens (including phenoxy) is 6. The average molecular weight is 1300 g/mol. The minimum atomic E-state index is -1.99. The Kier molecular flexibility index (Phi) is 47.1. The molecule has 19 heteroatoms. The van der Waals surface area contributed by atoms with Crippen LogP contribution in [0.15, 0.2) is 146 Å². The molecule has 0 radical (unpaired) electrons. The smallest absolute Gasteiger partial charge is 0.220 e. The lowest BCUT2D eigenvalue weighted by Crippen LogP contribution is -2.66.